The van der Waals surface area contributed by atoms with E-state index in [1.165, 1.54) is 0 Å². The molecule has 102 valence electrons. The second-order valence-corrected chi connectivity index (χ2v) is 4.34. The van der Waals surface area contributed by atoms with Crippen molar-refractivity contribution in [1.82, 2.24) is 14.7 Å². The first-order valence-electron chi connectivity index (χ1n) is 8.98. The van der Waals surface area contributed by atoms with Crippen molar-refractivity contribution in [1.29, 1.82) is 0 Å². The van der Waals surface area contributed by atoms with Gasteiger partial charge in [0.2, 0.25) is 0 Å². The minimum Gasteiger partial charge on any atom is -0.366 e. The molecule has 2 aromatic rings. The van der Waals surface area contributed by atoms with E-state index in [0.717, 1.165) is 0 Å². The number of rotatable bonds is 6. The monoisotopic (exact) mass is 265 g/mol. The molecule has 0 aliphatic carbocycles. The Hall–Kier alpha value is -1.65. The Balaban J connectivity index is 2.61. The number of aromatic nitrogens is 2. The summed E-state index contributed by atoms with van der Waals surface area (Å²) >= 11 is 0. The van der Waals surface area contributed by atoms with Crippen molar-refractivity contribution < 1.29 is 13.0 Å². The van der Waals surface area contributed by atoms with Gasteiger partial charge in [0.25, 0.3) is 0 Å². The van der Waals surface area contributed by atoms with E-state index in [4.69, 9.17) is 13.0 Å². The topological polar surface area (TPSA) is 30.3 Å². The zero-order chi connectivity index (χ0) is 18.8. The average Bonchev–Trinajstić information content (AvgIpc) is 2.84. The van der Waals surface area contributed by atoms with Gasteiger partial charge in [0, 0.05) is 23.8 Å². The van der Waals surface area contributed by atoms with Gasteiger partial charge in [-0.05, 0) is 25.7 Å². The summed E-state index contributed by atoms with van der Waals surface area (Å²) in [5.41, 5.74) is 0.0927. The molecule has 1 aromatic heterocycles. The summed E-state index contributed by atoms with van der Waals surface area (Å²) < 4.78 is 53.9. The molecule has 4 heteroatoms. The minimum absolute atomic E-state index is 0.143. The quantitative estimate of drug-likeness (QED) is 0.801. The number of benzene rings is 1. The molecule has 0 saturated heterocycles. The largest absolute Gasteiger partial charge is 0.366 e. The van der Waals surface area contributed by atoms with Gasteiger partial charge in [0.1, 0.15) is 6.08 Å². The van der Waals surface area contributed by atoms with Crippen LogP contribution in [0, 0.1) is 0 Å². The molecule has 0 saturated carbocycles. The summed E-state index contributed by atoms with van der Waals surface area (Å²) in [6, 6.07) is 8.00. The number of hydrogen-bond donors (Lipinski definition) is 0. The summed E-state index contributed by atoms with van der Waals surface area (Å²) in [6.45, 7) is -2.07. The van der Waals surface area contributed by atoms with Crippen molar-refractivity contribution >= 4 is 0 Å². The van der Waals surface area contributed by atoms with Crippen molar-refractivity contribution in [3.8, 4) is 0 Å². The summed E-state index contributed by atoms with van der Waals surface area (Å²) in [5, 5.41) is 3.64. The standard InChI is InChI=1S/C15H21N3O/c1-17(2)11-12-19-15(13-7-5-4-6-8-13)14-9-10-16-18(14)3/h4-10,15H,11-12H2,1-3H3/i3D3,9D,10D,15D. The zero-order valence-corrected chi connectivity index (χ0v) is 11.1. The predicted molar refractivity (Wildman–Crippen MR) is 76.0 cm³/mol. The molecule has 0 N–H and O–H groups in total. The normalized spacial score (nSPS) is 19.7. The van der Waals surface area contributed by atoms with Gasteiger partial charge < -0.3 is 9.64 Å². The molecule has 0 fully saturated rings. The number of hydrogen-bond acceptors (Lipinski definition) is 3. The molecule has 0 radical (unpaired) electrons. The number of likely N-dealkylation sites (N-methyl/N-ethyl adjacent to an activating group) is 1. The van der Waals surface area contributed by atoms with E-state index < -0.39 is 25.3 Å². The van der Waals surface area contributed by atoms with E-state index in [9.17, 15) is 0 Å². The SMILES string of the molecule is [2H]c1nn(C([2H])([2H])[2H])c(C([2H])(OCCN(C)C)c2ccccc2)c1[2H]. The van der Waals surface area contributed by atoms with Gasteiger partial charge in [-0.25, -0.2) is 0 Å². The number of nitrogens with zero attached hydrogens (tertiary/aromatic N) is 3. The van der Waals surface area contributed by atoms with E-state index in [1.807, 2.05) is 19.0 Å². The first-order chi connectivity index (χ1) is 11.6. The molecule has 19 heavy (non-hydrogen) atoms. The predicted octanol–water partition coefficient (Wildman–Crippen LogP) is 2.09. The molecule has 1 atom stereocenters. The lowest BCUT2D eigenvalue weighted by Crippen LogP contribution is -2.20. The van der Waals surface area contributed by atoms with Gasteiger partial charge in [0.15, 0.2) is 0 Å². The Morgan fingerprint density at radius 1 is 1.47 bits per heavy atom. The third-order valence-electron chi connectivity index (χ3n) is 2.57. The fourth-order valence-electron chi connectivity index (χ4n) is 1.59. The highest BCUT2D eigenvalue weighted by atomic mass is 16.5. The Kier molecular flexibility index (Phi) is 2.67. The van der Waals surface area contributed by atoms with Crippen LogP contribution in [0.25, 0.3) is 0 Å². The van der Waals surface area contributed by atoms with E-state index in [1.54, 1.807) is 30.3 Å². The molecule has 0 aliphatic heterocycles. The van der Waals surface area contributed by atoms with Crippen molar-refractivity contribution in [3.63, 3.8) is 0 Å². The van der Waals surface area contributed by atoms with Crippen LogP contribution in [0.5, 0.6) is 0 Å². The van der Waals surface area contributed by atoms with E-state index in [2.05, 4.69) is 5.10 Å². The van der Waals surface area contributed by atoms with Gasteiger partial charge in [-0.2, -0.15) is 5.10 Å². The van der Waals surface area contributed by atoms with Crippen LogP contribution in [-0.4, -0.2) is 41.9 Å². The Bertz CT molecular complexity index is 716. The third kappa shape index (κ3) is 3.66. The van der Waals surface area contributed by atoms with Crippen LogP contribution in [0.15, 0.2) is 42.5 Å². The van der Waals surface area contributed by atoms with Crippen LogP contribution in [0.4, 0.5) is 0 Å². The van der Waals surface area contributed by atoms with Crippen LogP contribution in [0.3, 0.4) is 0 Å². The molecule has 2 rings (SSSR count). The van der Waals surface area contributed by atoms with Crippen molar-refractivity contribution in [2.24, 2.45) is 6.98 Å². The maximum atomic E-state index is 8.87. The highest BCUT2D eigenvalue weighted by molar-refractivity contribution is 5.25. The minimum atomic E-state index is -2.73. The maximum Gasteiger partial charge on any atom is 0.124 e. The van der Waals surface area contributed by atoms with E-state index >= 15 is 0 Å². The summed E-state index contributed by atoms with van der Waals surface area (Å²) in [5.74, 6) is 0. The first-order valence-corrected chi connectivity index (χ1v) is 5.98. The smallest absolute Gasteiger partial charge is 0.124 e. The van der Waals surface area contributed by atoms with Crippen molar-refractivity contribution in [2.45, 2.75) is 6.08 Å². The third-order valence-corrected chi connectivity index (χ3v) is 2.57. The highest BCUT2D eigenvalue weighted by Crippen LogP contribution is 2.25. The lowest BCUT2D eigenvalue weighted by Gasteiger charge is -2.20. The van der Waals surface area contributed by atoms with Gasteiger partial charge in [-0.3, -0.25) is 4.68 Å². The summed E-state index contributed by atoms with van der Waals surface area (Å²) in [7, 11) is 3.70. The fraction of sp³-hybridized carbons (Fsp3) is 0.400. The maximum absolute atomic E-state index is 8.87. The molecule has 1 unspecified atom stereocenters. The Morgan fingerprint density at radius 3 is 2.95 bits per heavy atom. The van der Waals surface area contributed by atoms with Gasteiger partial charge >= 0.3 is 0 Å². The van der Waals surface area contributed by atoms with Crippen LogP contribution < -0.4 is 0 Å². The molecular weight excluding hydrogens is 238 g/mol. The second-order valence-electron chi connectivity index (χ2n) is 4.34. The molecule has 1 heterocycles. The average molecular weight is 265 g/mol. The lowest BCUT2D eigenvalue weighted by molar-refractivity contribution is 0.0638. The Morgan fingerprint density at radius 2 is 2.26 bits per heavy atom. The van der Waals surface area contributed by atoms with Crippen LogP contribution >= 0.6 is 0 Å². The van der Waals surface area contributed by atoms with Crippen LogP contribution in [0.2, 0.25) is 0 Å². The second kappa shape index (κ2) is 6.50. The van der Waals surface area contributed by atoms with Crippen LogP contribution in [0.1, 0.15) is 25.6 Å². The molecular formula is C15H21N3O. The highest BCUT2D eigenvalue weighted by Gasteiger charge is 2.17. The molecule has 4 nitrogen and oxygen atoms in total. The Labute approximate surface area is 123 Å². The van der Waals surface area contributed by atoms with E-state index in [0.29, 0.717) is 16.8 Å². The first kappa shape index (κ1) is 7.82. The zero-order valence-electron chi connectivity index (χ0n) is 17.1. The molecule has 0 spiro atoms. The summed E-state index contributed by atoms with van der Waals surface area (Å²) in [6.07, 6.45) is -2.47. The van der Waals surface area contributed by atoms with Gasteiger partial charge in [0.05, 0.1) is 16.4 Å². The molecule has 0 aliphatic rings. The van der Waals surface area contributed by atoms with Gasteiger partial charge in [-0.1, -0.05) is 30.3 Å². The summed E-state index contributed by atoms with van der Waals surface area (Å²) in [4.78, 5) is 1.87. The van der Waals surface area contributed by atoms with Crippen molar-refractivity contribution in [3.05, 3.63) is 53.8 Å². The lowest BCUT2D eigenvalue weighted by atomic mass is 10.1. The van der Waals surface area contributed by atoms with E-state index in [-0.39, 0.29) is 12.3 Å². The molecule has 0 amide bonds. The van der Waals surface area contributed by atoms with Crippen LogP contribution in [-0.2, 0) is 11.7 Å². The van der Waals surface area contributed by atoms with Crippen molar-refractivity contribution in [2.75, 3.05) is 27.2 Å². The van der Waals surface area contributed by atoms with Gasteiger partial charge in [-0.15, -0.1) is 0 Å². The number of aryl methyl sites for hydroxylation is 1. The fourth-order valence-corrected chi connectivity index (χ4v) is 1.59. The molecule has 0 bridgehead atoms. The number of ether oxygens (including phenoxy) is 1. The molecule has 1 aromatic carbocycles.